The zero-order chi connectivity index (χ0) is 22.7. The van der Waals surface area contributed by atoms with E-state index in [9.17, 15) is 18.0 Å². The Balaban J connectivity index is 2.06. The Morgan fingerprint density at radius 1 is 1.27 bits per heavy atom. The fourth-order valence-electron chi connectivity index (χ4n) is 3.16. The van der Waals surface area contributed by atoms with Crippen molar-refractivity contribution in [1.82, 2.24) is 9.80 Å². The van der Waals surface area contributed by atoms with Gasteiger partial charge in [-0.25, -0.2) is 13.2 Å². The Hall–Kier alpha value is -2.13. The van der Waals surface area contributed by atoms with Crippen molar-refractivity contribution < 1.29 is 27.5 Å². The van der Waals surface area contributed by atoms with E-state index < -0.39 is 27.6 Å². The Labute approximate surface area is 179 Å². The monoisotopic (exact) mass is 440 g/mol. The molecule has 0 spiro atoms. The molecule has 1 aromatic rings. The van der Waals surface area contributed by atoms with E-state index in [0.717, 1.165) is 11.8 Å². The zero-order valence-electron chi connectivity index (χ0n) is 18.5. The highest BCUT2D eigenvalue weighted by atomic mass is 32.2. The number of carbonyl (C=O) groups is 2. The van der Waals surface area contributed by atoms with Gasteiger partial charge in [-0.15, -0.1) is 0 Å². The van der Waals surface area contributed by atoms with E-state index in [0.29, 0.717) is 13.2 Å². The summed E-state index contributed by atoms with van der Waals surface area (Å²) in [5.74, 6) is -0.140. The Kier molecular flexibility index (Phi) is 7.52. The van der Waals surface area contributed by atoms with Gasteiger partial charge in [-0.1, -0.05) is 12.1 Å². The minimum atomic E-state index is -3.27. The molecular formula is C21H32N2O6S. The van der Waals surface area contributed by atoms with Crippen LogP contribution in [0.4, 0.5) is 4.79 Å². The summed E-state index contributed by atoms with van der Waals surface area (Å²) in [5.41, 5.74) is 0.204. The average molecular weight is 441 g/mol. The SMILES string of the molecule is CC(c1ccc(S(C)(=O)=O)cc1)N(C)C(=O)CC1COCCN1C(=O)OC(C)(C)C. The summed E-state index contributed by atoms with van der Waals surface area (Å²) in [4.78, 5) is 28.8. The van der Waals surface area contributed by atoms with Crippen molar-refractivity contribution in [3.8, 4) is 0 Å². The third kappa shape index (κ3) is 6.43. The highest BCUT2D eigenvalue weighted by Gasteiger charge is 2.33. The van der Waals surface area contributed by atoms with Gasteiger partial charge >= 0.3 is 6.09 Å². The first-order chi connectivity index (χ1) is 13.8. The fourth-order valence-corrected chi connectivity index (χ4v) is 3.79. The predicted molar refractivity (Wildman–Crippen MR) is 113 cm³/mol. The second-order valence-electron chi connectivity index (χ2n) is 8.63. The first-order valence-corrected chi connectivity index (χ1v) is 11.8. The molecule has 8 nitrogen and oxygen atoms in total. The van der Waals surface area contributed by atoms with E-state index in [1.54, 1.807) is 61.9 Å². The van der Waals surface area contributed by atoms with E-state index in [1.165, 1.54) is 0 Å². The van der Waals surface area contributed by atoms with Crippen molar-refractivity contribution >= 4 is 21.8 Å². The van der Waals surface area contributed by atoms with Crippen LogP contribution in [-0.4, -0.2) is 74.9 Å². The lowest BCUT2D eigenvalue weighted by molar-refractivity contribution is -0.134. The van der Waals surface area contributed by atoms with Gasteiger partial charge in [-0.2, -0.15) is 0 Å². The maximum absolute atomic E-state index is 12.9. The lowest BCUT2D eigenvalue weighted by Gasteiger charge is -2.37. The van der Waals surface area contributed by atoms with Crippen LogP contribution in [0.5, 0.6) is 0 Å². The lowest BCUT2D eigenvalue weighted by Crippen LogP contribution is -2.52. The Morgan fingerprint density at radius 2 is 1.87 bits per heavy atom. The van der Waals surface area contributed by atoms with E-state index in [1.807, 2.05) is 6.92 Å². The standard InChI is InChI=1S/C21H32N2O6S/c1-15(16-7-9-18(10-8-16)30(6,26)27)22(5)19(24)13-17-14-28-12-11-23(17)20(25)29-21(2,3)4/h7-10,15,17H,11-14H2,1-6H3. The Morgan fingerprint density at radius 3 is 2.40 bits per heavy atom. The maximum Gasteiger partial charge on any atom is 0.410 e. The number of nitrogens with zero attached hydrogens (tertiary/aromatic N) is 2. The molecule has 9 heteroatoms. The highest BCUT2D eigenvalue weighted by Crippen LogP contribution is 2.23. The van der Waals surface area contributed by atoms with Gasteiger partial charge < -0.3 is 19.3 Å². The van der Waals surface area contributed by atoms with Crippen LogP contribution in [0.15, 0.2) is 29.2 Å². The van der Waals surface area contributed by atoms with E-state index in [4.69, 9.17) is 9.47 Å². The second kappa shape index (κ2) is 9.34. The summed E-state index contributed by atoms with van der Waals surface area (Å²) in [5, 5.41) is 0. The molecule has 0 radical (unpaired) electrons. The van der Waals surface area contributed by atoms with Crippen LogP contribution in [0.2, 0.25) is 0 Å². The van der Waals surface area contributed by atoms with Crippen LogP contribution in [0.25, 0.3) is 0 Å². The van der Waals surface area contributed by atoms with Gasteiger partial charge in [0, 0.05) is 26.3 Å². The molecule has 0 aromatic heterocycles. The molecule has 0 aliphatic carbocycles. The molecule has 0 N–H and O–H groups in total. The number of morpholine rings is 1. The first-order valence-electron chi connectivity index (χ1n) is 9.92. The molecule has 0 bridgehead atoms. The van der Waals surface area contributed by atoms with E-state index in [-0.39, 0.29) is 29.9 Å². The third-order valence-electron chi connectivity index (χ3n) is 5.03. The van der Waals surface area contributed by atoms with Gasteiger partial charge in [0.2, 0.25) is 5.91 Å². The van der Waals surface area contributed by atoms with Gasteiger partial charge in [0.25, 0.3) is 0 Å². The topological polar surface area (TPSA) is 93.2 Å². The van der Waals surface area contributed by atoms with Crippen molar-refractivity contribution in [2.45, 2.75) is 56.7 Å². The van der Waals surface area contributed by atoms with Crippen LogP contribution in [-0.2, 0) is 24.1 Å². The van der Waals surface area contributed by atoms with Gasteiger partial charge in [0.15, 0.2) is 9.84 Å². The minimum absolute atomic E-state index is 0.113. The maximum atomic E-state index is 12.9. The summed E-state index contributed by atoms with van der Waals surface area (Å²) in [7, 11) is -1.58. The minimum Gasteiger partial charge on any atom is -0.444 e. The summed E-state index contributed by atoms with van der Waals surface area (Å²) < 4.78 is 34.2. The first kappa shape index (κ1) is 24.1. The van der Waals surface area contributed by atoms with Crippen LogP contribution in [0.1, 0.15) is 45.7 Å². The van der Waals surface area contributed by atoms with Gasteiger partial charge in [0.05, 0.1) is 30.2 Å². The molecule has 2 atom stereocenters. The molecule has 1 aromatic carbocycles. The molecule has 168 valence electrons. The highest BCUT2D eigenvalue weighted by molar-refractivity contribution is 7.90. The quantitative estimate of drug-likeness (QED) is 0.699. The fraction of sp³-hybridized carbons (Fsp3) is 0.619. The van der Waals surface area contributed by atoms with Crippen molar-refractivity contribution in [3.05, 3.63) is 29.8 Å². The number of carbonyl (C=O) groups excluding carboxylic acids is 2. The smallest absolute Gasteiger partial charge is 0.410 e. The molecule has 1 fully saturated rings. The summed E-state index contributed by atoms with van der Waals surface area (Å²) in [6.07, 6.45) is 0.821. The molecule has 2 unspecified atom stereocenters. The van der Waals surface area contributed by atoms with Crippen LogP contribution >= 0.6 is 0 Å². The van der Waals surface area contributed by atoms with Crippen molar-refractivity contribution in [1.29, 1.82) is 0 Å². The predicted octanol–water partition coefficient (Wildman–Crippen LogP) is 2.64. The van der Waals surface area contributed by atoms with Crippen LogP contribution in [0, 0.1) is 0 Å². The molecule has 2 rings (SSSR count). The zero-order valence-corrected chi connectivity index (χ0v) is 19.4. The molecule has 1 aliphatic heterocycles. The van der Waals surface area contributed by atoms with Crippen molar-refractivity contribution in [2.75, 3.05) is 33.1 Å². The molecule has 1 aliphatic rings. The molecule has 1 saturated heterocycles. The number of benzene rings is 1. The van der Waals surface area contributed by atoms with Gasteiger partial charge in [0.1, 0.15) is 5.60 Å². The number of hydrogen-bond acceptors (Lipinski definition) is 6. The number of ether oxygens (including phenoxy) is 2. The molecule has 2 amide bonds. The second-order valence-corrected chi connectivity index (χ2v) is 10.6. The molecule has 1 heterocycles. The van der Waals surface area contributed by atoms with Crippen LogP contribution in [0.3, 0.4) is 0 Å². The average Bonchev–Trinajstić information content (AvgIpc) is 2.65. The van der Waals surface area contributed by atoms with Gasteiger partial charge in [-0.05, 0) is 45.4 Å². The van der Waals surface area contributed by atoms with Crippen molar-refractivity contribution in [2.24, 2.45) is 0 Å². The lowest BCUT2D eigenvalue weighted by atomic mass is 10.1. The number of sulfone groups is 1. The molecular weight excluding hydrogens is 408 g/mol. The number of hydrogen-bond donors (Lipinski definition) is 0. The third-order valence-corrected chi connectivity index (χ3v) is 6.16. The van der Waals surface area contributed by atoms with E-state index >= 15 is 0 Å². The molecule has 30 heavy (non-hydrogen) atoms. The summed E-state index contributed by atoms with van der Waals surface area (Å²) in [6, 6.07) is 5.84. The van der Waals surface area contributed by atoms with Crippen molar-refractivity contribution in [3.63, 3.8) is 0 Å². The van der Waals surface area contributed by atoms with Crippen LogP contribution < -0.4 is 0 Å². The molecule has 0 saturated carbocycles. The normalized spacial score (nSPS) is 18.6. The van der Waals surface area contributed by atoms with Gasteiger partial charge in [-0.3, -0.25) is 4.79 Å². The number of amides is 2. The largest absolute Gasteiger partial charge is 0.444 e. The summed E-state index contributed by atoms with van der Waals surface area (Å²) in [6.45, 7) is 8.33. The Bertz CT molecular complexity index is 860. The summed E-state index contributed by atoms with van der Waals surface area (Å²) >= 11 is 0. The van der Waals surface area contributed by atoms with E-state index in [2.05, 4.69) is 0 Å². The number of rotatable bonds is 5.